The van der Waals surface area contributed by atoms with Crippen LogP contribution in [0.5, 0.6) is 0 Å². The fraction of sp³-hybridized carbons (Fsp3) is 1.00. The van der Waals surface area contributed by atoms with Crippen LogP contribution in [0.2, 0.25) is 0 Å². The Balaban J connectivity index is 3.26. The lowest BCUT2D eigenvalue weighted by Crippen LogP contribution is -1.79. The summed E-state index contributed by atoms with van der Waals surface area (Å²) in [6.07, 6.45) is 2.79. The standard InChI is InChI=1S/C4H11OPS2/c1-2-3-4-6(5,7)8/h2-4H2,1H3,(H2,5,7,8). The lowest BCUT2D eigenvalue weighted by atomic mass is 10.4. The molecule has 8 heavy (non-hydrogen) atoms. The maximum Gasteiger partial charge on any atom is 0.114 e. The minimum Gasteiger partial charge on any atom is -0.357 e. The van der Waals surface area contributed by atoms with Crippen molar-refractivity contribution < 1.29 is 4.89 Å². The summed E-state index contributed by atoms with van der Waals surface area (Å²) in [5, 5.41) is 0. The van der Waals surface area contributed by atoms with E-state index >= 15 is 0 Å². The fourth-order valence-electron chi connectivity index (χ4n) is 0.364. The van der Waals surface area contributed by atoms with Crippen LogP contribution in [-0.2, 0) is 11.8 Å². The van der Waals surface area contributed by atoms with E-state index in [1.165, 1.54) is 0 Å². The van der Waals surface area contributed by atoms with Crippen LogP contribution in [0.15, 0.2) is 0 Å². The average Bonchev–Trinajstić information content (AvgIpc) is 1.59. The SMILES string of the molecule is CCCCP(O)(=S)S. The molecule has 1 N–H and O–H groups in total. The van der Waals surface area contributed by atoms with Crippen LogP contribution < -0.4 is 0 Å². The minimum atomic E-state index is -2.15. The highest BCUT2D eigenvalue weighted by Crippen LogP contribution is 2.46. The van der Waals surface area contributed by atoms with Crippen molar-refractivity contribution in [1.82, 2.24) is 0 Å². The first-order chi connectivity index (χ1) is 3.56. The van der Waals surface area contributed by atoms with Crippen LogP contribution in [0.3, 0.4) is 0 Å². The van der Waals surface area contributed by atoms with Crippen molar-refractivity contribution in [2.24, 2.45) is 0 Å². The molecule has 0 aliphatic rings. The van der Waals surface area contributed by atoms with Gasteiger partial charge in [0.05, 0.1) is 0 Å². The second kappa shape index (κ2) is 3.89. The largest absolute Gasteiger partial charge is 0.357 e. The highest BCUT2D eigenvalue weighted by Gasteiger charge is 2.02. The average molecular weight is 170 g/mol. The van der Waals surface area contributed by atoms with Crippen LogP contribution in [0.4, 0.5) is 0 Å². The van der Waals surface area contributed by atoms with Crippen LogP contribution in [0, 0.1) is 0 Å². The molecule has 0 aromatic rings. The molecule has 0 radical (unpaired) electrons. The van der Waals surface area contributed by atoms with E-state index in [1.54, 1.807) is 0 Å². The van der Waals surface area contributed by atoms with Crippen LogP contribution >= 0.6 is 17.7 Å². The lowest BCUT2D eigenvalue weighted by Gasteiger charge is -2.03. The van der Waals surface area contributed by atoms with Crippen molar-refractivity contribution in [1.29, 1.82) is 0 Å². The van der Waals surface area contributed by atoms with Gasteiger partial charge in [0.1, 0.15) is 5.47 Å². The number of hydrogen-bond donors (Lipinski definition) is 2. The first kappa shape index (κ1) is 8.96. The molecule has 0 bridgehead atoms. The van der Waals surface area contributed by atoms with Gasteiger partial charge < -0.3 is 4.89 Å². The van der Waals surface area contributed by atoms with E-state index < -0.39 is 5.47 Å². The van der Waals surface area contributed by atoms with Crippen LogP contribution in [0.1, 0.15) is 19.8 Å². The summed E-state index contributed by atoms with van der Waals surface area (Å²) in [6.45, 7) is 2.07. The number of hydrogen-bond acceptors (Lipinski definition) is 1. The Morgan fingerprint density at radius 3 is 2.38 bits per heavy atom. The van der Waals surface area contributed by atoms with Gasteiger partial charge in [0.15, 0.2) is 0 Å². The summed E-state index contributed by atoms with van der Waals surface area (Å²) >= 11 is 8.55. The van der Waals surface area contributed by atoms with Crippen molar-refractivity contribution in [2.75, 3.05) is 6.16 Å². The van der Waals surface area contributed by atoms with E-state index in [4.69, 9.17) is 4.89 Å². The summed E-state index contributed by atoms with van der Waals surface area (Å²) in [4.78, 5) is 8.94. The normalized spacial score (nSPS) is 17.9. The van der Waals surface area contributed by atoms with Crippen molar-refractivity contribution in [3.8, 4) is 0 Å². The highest BCUT2D eigenvalue weighted by molar-refractivity contribution is 8.61. The Morgan fingerprint density at radius 1 is 1.75 bits per heavy atom. The molecule has 0 aliphatic heterocycles. The highest BCUT2D eigenvalue weighted by atomic mass is 32.9. The summed E-state index contributed by atoms with van der Waals surface area (Å²) in [7, 11) is 0. The molecule has 50 valence electrons. The molecule has 0 saturated heterocycles. The van der Waals surface area contributed by atoms with E-state index in [0.29, 0.717) is 6.16 Å². The molecule has 0 saturated carbocycles. The summed E-state index contributed by atoms with van der Waals surface area (Å²) in [5.41, 5.74) is -2.15. The summed E-state index contributed by atoms with van der Waals surface area (Å²) < 4.78 is 0. The van der Waals surface area contributed by atoms with Gasteiger partial charge in [0, 0.05) is 6.16 Å². The molecule has 0 aromatic carbocycles. The molecule has 0 spiro atoms. The van der Waals surface area contributed by atoms with Gasteiger partial charge in [-0.3, -0.25) is 0 Å². The van der Waals surface area contributed by atoms with Gasteiger partial charge in [-0.25, -0.2) is 0 Å². The topological polar surface area (TPSA) is 20.2 Å². The van der Waals surface area contributed by atoms with Crippen molar-refractivity contribution in [3.63, 3.8) is 0 Å². The Hall–Kier alpha value is 0.960. The molecule has 1 atom stereocenters. The molecular weight excluding hydrogens is 159 g/mol. The lowest BCUT2D eigenvalue weighted by molar-refractivity contribution is 0.634. The zero-order valence-corrected chi connectivity index (χ0v) is 7.48. The predicted octanol–water partition coefficient (Wildman–Crippen LogP) is 2.02. The number of unbranched alkanes of at least 4 members (excludes halogenated alkanes) is 1. The number of rotatable bonds is 3. The predicted molar refractivity (Wildman–Crippen MR) is 45.3 cm³/mol. The molecule has 0 fully saturated rings. The molecule has 0 aromatic heterocycles. The van der Waals surface area contributed by atoms with Gasteiger partial charge in [0.2, 0.25) is 0 Å². The van der Waals surface area contributed by atoms with E-state index in [-0.39, 0.29) is 0 Å². The quantitative estimate of drug-likeness (QED) is 0.499. The monoisotopic (exact) mass is 170 g/mol. The Kier molecular flexibility index (Phi) is 4.35. The second-order valence-corrected chi connectivity index (χ2v) is 8.13. The molecule has 0 heterocycles. The third kappa shape index (κ3) is 6.96. The Morgan fingerprint density at radius 2 is 2.25 bits per heavy atom. The third-order valence-corrected chi connectivity index (χ3v) is 2.85. The van der Waals surface area contributed by atoms with Gasteiger partial charge in [-0.05, 0) is 6.42 Å². The molecule has 1 unspecified atom stereocenters. The van der Waals surface area contributed by atoms with E-state index in [9.17, 15) is 0 Å². The zero-order chi connectivity index (χ0) is 6.62. The Bertz CT molecular complexity index is 98.2. The molecule has 0 rings (SSSR count). The van der Waals surface area contributed by atoms with Crippen molar-refractivity contribution in [2.45, 2.75) is 19.8 Å². The van der Waals surface area contributed by atoms with Gasteiger partial charge in [-0.1, -0.05) is 25.2 Å². The smallest absolute Gasteiger partial charge is 0.114 e. The van der Waals surface area contributed by atoms with Gasteiger partial charge in [0.25, 0.3) is 0 Å². The first-order valence-electron chi connectivity index (χ1n) is 2.61. The van der Waals surface area contributed by atoms with Gasteiger partial charge >= 0.3 is 0 Å². The van der Waals surface area contributed by atoms with Gasteiger partial charge in [-0.15, -0.1) is 12.2 Å². The maximum atomic E-state index is 8.94. The van der Waals surface area contributed by atoms with E-state index in [1.807, 2.05) is 0 Å². The van der Waals surface area contributed by atoms with Crippen LogP contribution in [0.25, 0.3) is 0 Å². The maximum absolute atomic E-state index is 8.94. The molecule has 1 nitrogen and oxygen atoms in total. The van der Waals surface area contributed by atoms with Crippen LogP contribution in [-0.4, -0.2) is 11.1 Å². The minimum absolute atomic E-state index is 0.710. The van der Waals surface area contributed by atoms with Crippen molar-refractivity contribution >= 4 is 29.5 Å². The fourth-order valence-corrected chi connectivity index (χ4v) is 1.90. The zero-order valence-electron chi connectivity index (χ0n) is 4.87. The second-order valence-electron chi connectivity index (χ2n) is 1.74. The van der Waals surface area contributed by atoms with E-state index in [2.05, 4.69) is 31.0 Å². The molecule has 0 amide bonds. The third-order valence-electron chi connectivity index (χ3n) is 0.803. The van der Waals surface area contributed by atoms with Gasteiger partial charge in [-0.2, -0.15) is 0 Å². The summed E-state index contributed by atoms with van der Waals surface area (Å²) in [5.74, 6) is 0. The molecular formula is C4H11OPS2. The first-order valence-corrected chi connectivity index (χ1v) is 6.70. The van der Waals surface area contributed by atoms with E-state index in [0.717, 1.165) is 12.8 Å². The Labute approximate surface area is 60.7 Å². The summed E-state index contributed by atoms with van der Waals surface area (Å²) in [6, 6.07) is 0. The van der Waals surface area contributed by atoms with Crippen molar-refractivity contribution in [3.05, 3.63) is 0 Å². The molecule has 0 aliphatic carbocycles. The number of thiol groups is 1. The molecule has 4 heteroatoms.